The fourth-order valence-electron chi connectivity index (χ4n) is 3.01. The number of nitrogens with zero attached hydrogens (tertiary/aromatic N) is 1. The minimum absolute atomic E-state index is 0.151. The van der Waals surface area contributed by atoms with Crippen LogP contribution >= 0.6 is 0 Å². The lowest BCUT2D eigenvalue weighted by Crippen LogP contribution is -2.47. The highest BCUT2D eigenvalue weighted by Crippen LogP contribution is 2.28. The lowest BCUT2D eigenvalue weighted by Gasteiger charge is -2.39. The lowest BCUT2D eigenvalue weighted by atomic mass is 9.85. The smallest absolute Gasteiger partial charge is 0.158 e. The average molecular weight is 258 g/mol. The molecule has 0 radical (unpaired) electrons. The maximum atomic E-state index is 5.92. The third kappa shape index (κ3) is 4.50. The predicted molar refractivity (Wildman–Crippen MR) is 74.4 cm³/mol. The van der Waals surface area contributed by atoms with Crippen molar-refractivity contribution in [2.45, 2.75) is 57.4 Å². The molecule has 0 aromatic heterocycles. The molecule has 18 heavy (non-hydrogen) atoms. The molecule has 1 fully saturated rings. The maximum Gasteiger partial charge on any atom is 0.158 e. The number of likely N-dealkylation sites (N-methyl/N-ethyl adjacent to an activating group) is 1. The van der Waals surface area contributed by atoms with Crippen molar-refractivity contribution in [2.24, 2.45) is 11.7 Å². The van der Waals surface area contributed by atoms with E-state index in [4.69, 9.17) is 15.2 Å². The van der Waals surface area contributed by atoms with Gasteiger partial charge in [-0.1, -0.05) is 19.8 Å². The standard InChI is InChI=1S/C14H30N2O2/c1-11-6-5-7-12(8-11)16(2)13(10-15)9-14(17-3)18-4/h11-14H,5-10,15H2,1-4H3. The Kier molecular flexibility index (Phi) is 7.15. The second-order valence-corrected chi connectivity index (χ2v) is 5.62. The Labute approximate surface area is 112 Å². The first kappa shape index (κ1) is 15.9. The van der Waals surface area contributed by atoms with E-state index in [9.17, 15) is 0 Å². The Morgan fingerprint density at radius 2 is 1.94 bits per heavy atom. The van der Waals surface area contributed by atoms with Gasteiger partial charge in [0, 0.05) is 39.3 Å². The molecular weight excluding hydrogens is 228 g/mol. The number of rotatable bonds is 7. The maximum absolute atomic E-state index is 5.92. The van der Waals surface area contributed by atoms with Gasteiger partial charge in [0.2, 0.25) is 0 Å². The van der Waals surface area contributed by atoms with E-state index in [0.29, 0.717) is 18.6 Å². The molecule has 0 aliphatic heterocycles. The van der Waals surface area contributed by atoms with Crippen LogP contribution in [0.1, 0.15) is 39.0 Å². The molecule has 2 N–H and O–H groups in total. The van der Waals surface area contributed by atoms with Gasteiger partial charge < -0.3 is 15.2 Å². The zero-order chi connectivity index (χ0) is 13.5. The number of nitrogens with two attached hydrogens (primary N) is 1. The van der Waals surface area contributed by atoms with Crippen molar-refractivity contribution < 1.29 is 9.47 Å². The Morgan fingerprint density at radius 1 is 1.28 bits per heavy atom. The number of hydrogen-bond donors (Lipinski definition) is 1. The molecule has 3 atom stereocenters. The van der Waals surface area contributed by atoms with Crippen LogP contribution in [0.4, 0.5) is 0 Å². The Hall–Kier alpha value is -0.160. The highest BCUT2D eigenvalue weighted by Gasteiger charge is 2.28. The SMILES string of the molecule is COC(CC(CN)N(C)C1CCCC(C)C1)OC. The predicted octanol–water partition coefficient (Wildman–Crippen LogP) is 1.83. The zero-order valence-corrected chi connectivity index (χ0v) is 12.4. The third-order valence-corrected chi connectivity index (χ3v) is 4.32. The van der Waals surface area contributed by atoms with Gasteiger partial charge in [-0.3, -0.25) is 4.90 Å². The third-order valence-electron chi connectivity index (χ3n) is 4.32. The Balaban J connectivity index is 2.52. The summed E-state index contributed by atoms with van der Waals surface area (Å²) in [6.07, 6.45) is 5.98. The molecule has 4 heteroatoms. The van der Waals surface area contributed by atoms with E-state index in [1.807, 2.05) is 0 Å². The normalized spacial score (nSPS) is 26.8. The molecule has 4 nitrogen and oxygen atoms in total. The van der Waals surface area contributed by atoms with Crippen LogP contribution < -0.4 is 5.73 Å². The average Bonchev–Trinajstić information content (AvgIpc) is 2.39. The summed E-state index contributed by atoms with van der Waals surface area (Å²) >= 11 is 0. The largest absolute Gasteiger partial charge is 0.356 e. The highest BCUT2D eigenvalue weighted by molar-refractivity contribution is 4.82. The second-order valence-electron chi connectivity index (χ2n) is 5.62. The van der Waals surface area contributed by atoms with Gasteiger partial charge in [-0.15, -0.1) is 0 Å². The zero-order valence-electron chi connectivity index (χ0n) is 12.4. The van der Waals surface area contributed by atoms with Gasteiger partial charge in [-0.25, -0.2) is 0 Å². The first-order valence-corrected chi connectivity index (χ1v) is 7.09. The van der Waals surface area contributed by atoms with Gasteiger partial charge in [0.1, 0.15) is 0 Å². The first-order chi connectivity index (χ1) is 8.62. The fourth-order valence-corrected chi connectivity index (χ4v) is 3.01. The summed E-state index contributed by atoms with van der Waals surface area (Å²) in [6, 6.07) is 1.00. The van der Waals surface area contributed by atoms with Crippen molar-refractivity contribution in [3.05, 3.63) is 0 Å². The highest BCUT2D eigenvalue weighted by atomic mass is 16.7. The van der Waals surface area contributed by atoms with Crippen LogP contribution in [0.2, 0.25) is 0 Å². The molecule has 0 heterocycles. The quantitative estimate of drug-likeness (QED) is 0.708. The second kappa shape index (κ2) is 8.10. The van der Waals surface area contributed by atoms with Crippen molar-refractivity contribution in [1.82, 2.24) is 4.90 Å². The van der Waals surface area contributed by atoms with E-state index in [1.54, 1.807) is 14.2 Å². The van der Waals surface area contributed by atoms with Gasteiger partial charge >= 0.3 is 0 Å². The minimum Gasteiger partial charge on any atom is -0.356 e. The first-order valence-electron chi connectivity index (χ1n) is 7.09. The summed E-state index contributed by atoms with van der Waals surface area (Å²) in [7, 11) is 5.57. The molecule has 0 saturated heterocycles. The van der Waals surface area contributed by atoms with Gasteiger partial charge in [0.25, 0.3) is 0 Å². The minimum atomic E-state index is -0.151. The summed E-state index contributed by atoms with van der Waals surface area (Å²) in [5.41, 5.74) is 5.92. The van der Waals surface area contributed by atoms with Crippen LogP contribution in [-0.4, -0.2) is 51.1 Å². The number of methoxy groups -OCH3 is 2. The number of hydrogen-bond acceptors (Lipinski definition) is 4. The summed E-state index contributed by atoms with van der Waals surface area (Å²) in [5, 5.41) is 0. The molecule has 0 bridgehead atoms. The molecule has 0 spiro atoms. The van der Waals surface area contributed by atoms with Gasteiger partial charge in [0.15, 0.2) is 6.29 Å². The molecular formula is C14H30N2O2. The van der Waals surface area contributed by atoms with Gasteiger partial charge in [-0.05, 0) is 25.8 Å². The number of ether oxygens (including phenoxy) is 2. The molecule has 1 rings (SSSR count). The van der Waals surface area contributed by atoms with Crippen LogP contribution in [-0.2, 0) is 9.47 Å². The van der Waals surface area contributed by atoms with E-state index in [0.717, 1.165) is 12.3 Å². The fraction of sp³-hybridized carbons (Fsp3) is 1.00. The topological polar surface area (TPSA) is 47.7 Å². The Bertz CT molecular complexity index is 222. The van der Waals surface area contributed by atoms with E-state index in [2.05, 4.69) is 18.9 Å². The van der Waals surface area contributed by atoms with Crippen molar-refractivity contribution in [3.8, 4) is 0 Å². The molecule has 0 aromatic carbocycles. The van der Waals surface area contributed by atoms with Crippen molar-refractivity contribution in [1.29, 1.82) is 0 Å². The van der Waals surface area contributed by atoms with E-state index >= 15 is 0 Å². The van der Waals surface area contributed by atoms with Crippen LogP contribution in [0.25, 0.3) is 0 Å². The molecule has 108 valence electrons. The van der Waals surface area contributed by atoms with Crippen LogP contribution in [0, 0.1) is 5.92 Å². The van der Waals surface area contributed by atoms with Gasteiger partial charge in [-0.2, -0.15) is 0 Å². The molecule has 0 aromatic rings. The van der Waals surface area contributed by atoms with Crippen LogP contribution in [0.15, 0.2) is 0 Å². The summed E-state index contributed by atoms with van der Waals surface area (Å²) in [5.74, 6) is 0.838. The van der Waals surface area contributed by atoms with E-state index < -0.39 is 0 Å². The molecule has 1 saturated carbocycles. The Morgan fingerprint density at radius 3 is 2.44 bits per heavy atom. The summed E-state index contributed by atoms with van der Waals surface area (Å²) in [4.78, 5) is 2.45. The summed E-state index contributed by atoms with van der Waals surface area (Å²) in [6.45, 7) is 3.01. The van der Waals surface area contributed by atoms with Crippen LogP contribution in [0.3, 0.4) is 0 Å². The van der Waals surface area contributed by atoms with Crippen molar-refractivity contribution in [2.75, 3.05) is 27.8 Å². The molecule has 0 amide bonds. The molecule has 1 aliphatic rings. The summed E-state index contributed by atoms with van der Waals surface area (Å²) < 4.78 is 10.6. The van der Waals surface area contributed by atoms with Gasteiger partial charge in [0.05, 0.1) is 0 Å². The van der Waals surface area contributed by atoms with Crippen LogP contribution in [0.5, 0.6) is 0 Å². The van der Waals surface area contributed by atoms with E-state index in [1.165, 1.54) is 25.7 Å². The molecule has 3 unspecified atom stereocenters. The van der Waals surface area contributed by atoms with Crippen molar-refractivity contribution in [3.63, 3.8) is 0 Å². The molecule has 1 aliphatic carbocycles. The van der Waals surface area contributed by atoms with E-state index in [-0.39, 0.29) is 6.29 Å². The lowest BCUT2D eigenvalue weighted by molar-refractivity contribution is -0.117. The monoisotopic (exact) mass is 258 g/mol. The van der Waals surface area contributed by atoms with Crippen molar-refractivity contribution >= 4 is 0 Å².